The number of nitrogens with one attached hydrogen (secondary N) is 1. The zero-order valence-electron chi connectivity index (χ0n) is 11.9. The summed E-state index contributed by atoms with van der Waals surface area (Å²) in [4.78, 5) is 26.2. The maximum absolute atomic E-state index is 11.1. The van der Waals surface area contributed by atoms with E-state index in [1.807, 2.05) is 21.0 Å². The topological polar surface area (TPSA) is 72.9 Å². The van der Waals surface area contributed by atoms with Crippen LogP contribution in [0.3, 0.4) is 0 Å². The fourth-order valence-corrected chi connectivity index (χ4v) is 1.93. The summed E-state index contributed by atoms with van der Waals surface area (Å²) in [5, 5.41) is 11.5. The van der Waals surface area contributed by atoms with Crippen molar-refractivity contribution in [1.29, 1.82) is 0 Å². The highest BCUT2D eigenvalue weighted by Gasteiger charge is 2.23. The van der Waals surface area contributed by atoms with Gasteiger partial charge in [0.2, 0.25) is 5.91 Å². The Kier molecular flexibility index (Phi) is 7.54. The molecular weight excluding hydrogens is 234 g/mol. The Morgan fingerprint density at radius 3 is 2.17 bits per heavy atom. The SMILES string of the molecule is CCN(CC(NC(C)=O)C(=O)O)C(C)CN(C)C. The van der Waals surface area contributed by atoms with Crippen LogP contribution in [0.1, 0.15) is 20.8 Å². The maximum Gasteiger partial charge on any atom is 0.327 e. The molecule has 1 amide bonds. The second-order valence-electron chi connectivity index (χ2n) is 4.79. The molecule has 0 aliphatic carbocycles. The van der Waals surface area contributed by atoms with Crippen LogP contribution >= 0.6 is 0 Å². The second kappa shape index (κ2) is 8.05. The summed E-state index contributed by atoms with van der Waals surface area (Å²) in [6, 6.07) is -0.618. The van der Waals surface area contributed by atoms with E-state index >= 15 is 0 Å². The predicted molar refractivity (Wildman–Crippen MR) is 70.5 cm³/mol. The molecule has 0 saturated heterocycles. The van der Waals surface area contributed by atoms with Crippen LogP contribution in [0.4, 0.5) is 0 Å². The van der Waals surface area contributed by atoms with Gasteiger partial charge in [-0.3, -0.25) is 9.69 Å². The number of carboxylic acid groups (broad SMARTS) is 1. The van der Waals surface area contributed by atoms with Crippen molar-refractivity contribution in [2.75, 3.05) is 33.7 Å². The van der Waals surface area contributed by atoms with Gasteiger partial charge in [0.05, 0.1) is 0 Å². The Bertz CT molecular complexity index is 282. The number of carboxylic acids is 1. The average Bonchev–Trinajstić information content (AvgIpc) is 2.21. The van der Waals surface area contributed by atoms with Gasteiger partial charge < -0.3 is 15.3 Å². The van der Waals surface area contributed by atoms with Crippen molar-refractivity contribution in [3.05, 3.63) is 0 Å². The number of hydrogen-bond acceptors (Lipinski definition) is 4. The van der Waals surface area contributed by atoms with E-state index in [9.17, 15) is 9.59 Å². The zero-order chi connectivity index (χ0) is 14.3. The van der Waals surface area contributed by atoms with E-state index in [1.54, 1.807) is 0 Å². The normalized spacial score (nSPS) is 14.6. The molecule has 0 radical (unpaired) electrons. The lowest BCUT2D eigenvalue weighted by molar-refractivity contribution is -0.142. The third kappa shape index (κ3) is 6.56. The molecule has 0 heterocycles. The fourth-order valence-electron chi connectivity index (χ4n) is 1.93. The van der Waals surface area contributed by atoms with E-state index in [4.69, 9.17) is 5.11 Å². The van der Waals surface area contributed by atoms with Crippen LogP contribution in [0.2, 0.25) is 0 Å². The smallest absolute Gasteiger partial charge is 0.327 e. The molecule has 0 aromatic heterocycles. The molecule has 18 heavy (non-hydrogen) atoms. The van der Waals surface area contributed by atoms with Crippen LogP contribution in [0.25, 0.3) is 0 Å². The van der Waals surface area contributed by atoms with Gasteiger partial charge in [-0.1, -0.05) is 6.92 Å². The summed E-state index contributed by atoms with van der Waals surface area (Å²) in [5.74, 6) is -1.32. The van der Waals surface area contributed by atoms with Crippen molar-refractivity contribution < 1.29 is 14.7 Å². The van der Waals surface area contributed by atoms with E-state index in [0.717, 1.165) is 13.1 Å². The number of carbonyl (C=O) groups is 2. The van der Waals surface area contributed by atoms with Crippen molar-refractivity contribution in [3.63, 3.8) is 0 Å². The molecule has 0 rings (SSSR count). The molecule has 0 fully saturated rings. The lowest BCUT2D eigenvalue weighted by Gasteiger charge is -2.31. The van der Waals surface area contributed by atoms with Crippen molar-refractivity contribution in [1.82, 2.24) is 15.1 Å². The van der Waals surface area contributed by atoms with Gasteiger partial charge in [-0.05, 0) is 27.6 Å². The van der Waals surface area contributed by atoms with Crippen molar-refractivity contribution in [2.24, 2.45) is 0 Å². The van der Waals surface area contributed by atoms with Crippen molar-refractivity contribution >= 4 is 11.9 Å². The molecule has 0 aromatic carbocycles. The first-order valence-corrected chi connectivity index (χ1v) is 6.16. The number of amides is 1. The molecule has 0 bridgehead atoms. The summed E-state index contributed by atoms with van der Waals surface area (Å²) in [5.41, 5.74) is 0. The molecule has 2 unspecified atom stereocenters. The number of nitrogens with zero attached hydrogens (tertiary/aromatic N) is 2. The van der Waals surface area contributed by atoms with Crippen LogP contribution in [-0.4, -0.2) is 72.6 Å². The summed E-state index contributed by atoms with van der Waals surface area (Å²) in [6.45, 7) is 7.28. The molecular formula is C12H25N3O3. The largest absolute Gasteiger partial charge is 0.480 e. The van der Waals surface area contributed by atoms with Crippen LogP contribution < -0.4 is 5.32 Å². The quantitative estimate of drug-likeness (QED) is 0.634. The highest BCUT2D eigenvalue weighted by Crippen LogP contribution is 2.02. The number of rotatable bonds is 8. The molecule has 2 N–H and O–H groups in total. The standard InChI is InChI=1S/C12H25N3O3/c1-6-15(9(2)7-14(4)5)8-11(12(17)18)13-10(3)16/h9,11H,6-8H2,1-5H3,(H,13,16)(H,17,18). The maximum atomic E-state index is 11.1. The Labute approximate surface area is 109 Å². The molecule has 0 spiro atoms. The summed E-state index contributed by atoms with van der Waals surface area (Å²) >= 11 is 0. The van der Waals surface area contributed by atoms with Crippen LogP contribution in [0.15, 0.2) is 0 Å². The minimum absolute atomic E-state index is 0.237. The Morgan fingerprint density at radius 1 is 1.28 bits per heavy atom. The molecule has 6 heteroatoms. The minimum Gasteiger partial charge on any atom is -0.480 e. The molecule has 2 atom stereocenters. The second-order valence-corrected chi connectivity index (χ2v) is 4.79. The summed E-state index contributed by atoms with van der Waals surface area (Å²) < 4.78 is 0. The molecule has 6 nitrogen and oxygen atoms in total. The summed E-state index contributed by atoms with van der Waals surface area (Å²) in [7, 11) is 3.96. The third-order valence-electron chi connectivity index (χ3n) is 2.75. The van der Waals surface area contributed by atoms with Gasteiger partial charge in [0.1, 0.15) is 6.04 Å². The number of hydrogen-bond donors (Lipinski definition) is 2. The lowest BCUT2D eigenvalue weighted by atomic mass is 10.2. The number of carbonyl (C=O) groups excluding carboxylic acids is 1. The highest BCUT2D eigenvalue weighted by molar-refractivity contribution is 5.82. The van der Waals surface area contributed by atoms with Gasteiger partial charge in [-0.25, -0.2) is 4.79 Å². The van der Waals surface area contributed by atoms with Crippen molar-refractivity contribution in [2.45, 2.75) is 32.9 Å². The number of likely N-dealkylation sites (N-methyl/N-ethyl adjacent to an activating group) is 2. The zero-order valence-corrected chi connectivity index (χ0v) is 11.9. The summed E-state index contributed by atoms with van der Waals surface area (Å²) in [6.07, 6.45) is 0. The minimum atomic E-state index is -0.999. The van der Waals surface area contributed by atoms with E-state index in [0.29, 0.717) is 6.54 Å². The first kappa shape index (κ1) is 16.9. The van der Waals surface area contributed by atoms with E-state index in [-0.39, 0.29) is 11.9 Å². The first-order chi connectivity index (χ1) is 8.27. The third-order valence-corrected chi connectivity index (χ3v) is 2.75. The van der Waals surface area contributed by atoms with E-state index < -0.39 is 12.0 Å². The van der Waals surface area contributed by atoms with Gasteiger partial charge in [-0.2, -0.15) is 0 Å². The average molecular weight is 259 g/mol. The van der Waals surface area contributed by atoms with Gasteiger partial charge in [-0.15, -0.1) is 0 Å². The fraction of sp³-hybridized carbons (Fsp3) is 0.833. The monoisotopic (exact) mass is 259 g/mol. The lowest BCUT2D eigenvalue weighted by Crippen LogP contribution is -2.51. The van der Waals surface area contributed by atoms with Crippen molar-refractivity contribution in [3.8, 4) is 0 Å². The van der Waals surface area contributed by atoms with E-state index in [1.165, 1.54) is 6.92 Å². The van der Waals surface area contributed by atoms with Crippen LogP contribution in [-0.2, 0) is 9.59 Å². The molecule has 0 aliphatic rings. The van der Waals surface area contributed by atoms with Gasteiger partial charge in [0.25, 0.3) is 0 Å². The number of aliphatic carboxylic acids is 1. The van der Waals surface area contributed by atoms with Crippen LogP contribution in [0, 0.1) is 0 Å². The molecule has 0 aliphatic heterocycles. The molecule has 106 valence electrons. The predicted octanol–water partition coefficient (Wildman–Crippen LogP) is -0.152. The Morgan fingerprint density at radius 2 is 1.83 bits per heavy atom. The van der Waals surface area contributed by atoms with Gasteiger partial charge in [0, 0.05) is 26.1 Å². The molecule has 0 saturated carbocycles. The van der Waals surface area contributed by atoms with Gasteiger partial charge >= 0.3 is 5.97 Å². The van der Waals surface area contributed by atoms with E-state index in [2.05, 4.69) is 22.0 Å². The highest BCUT2D eigenvalue weighted by atomic mass is 16.4. The Hall–Kier alpha value is -1.14. The Balaban J connectivity index is 4.55. The first-order valence-electron chi connectivity index (χ1n) is 6.16. The van der Waals surface area contributed by atoms with Gasteiger partial charge in [0.15, 0.2) is 0 Å². The molecule has 0 aromatic rings. The van der Waals surface area contributed by atoms with Crippen LogP contribution in [0.5, 0.6) is 0 Å².